The van der Waals surface area contributed by atoms with Crippen LogP contribution in [0.5, 0.6) is 11.5 Å². The summed E-state index contributed by atoms with van der Waals surface area (Å²) in [6.07, 6.45) is 0.200. The fourth-order valence-corrected chi connectivity index (χ4v) is 1.70. The maximum Gasteiger partial charge on any atom is 0.165 e. The topological polar surface area (TPSA) is 42.0 Å². The molecule has 0 radical (unpaired) electrons. The number of aromatic hydroxyl groups is 1. The molecule has 0 aromatic heterocycles. The first-order chi connectivity index (χ1) is 7.84. The van der Waals surface area contributed by atoms with E-state index in [4.69, 9.17) is 9.47 Å². The molecule has 82 valence electrons. The minimum atomic E-state index is 0.200. The Balaban J connectivity index is 1.94. The van der Waals surface area contributed by atoms with Crippen LogP contribution in [0, 0.1) is 0 Å². The van der Waals surface area contributed by atoms with Crippen LogP contribution >= 0.6 is 0 Å². The summed E-state index contributed by atoms with van der Waals surface area (Å²) in [7, 11) is 0. The van der Waals surface area contributed by atoms with Gasteiger partial charge in [0.2, 0.25) is 0 Å². The van der Waals surface area contributed by atoms with Crippen LogP contribution in [-0.4, -0.2) is 24.4 Å². The van der Waals surface area contributed by atoms with Crippen LogP contribution in [0.2, 0.25) is 0 Å². The number of phenolic OH excluding ortho intramolecular Hbond substituents is 1. The standard InChI is InChI=1S/C13H12O3/c14-13-11-4-2-1-3-9(11)5-6-12(13)16-8-10-7-15-10/h1-6,10,14H,7-8H2. The van der Waals surface area contributed by atoms with E-state index in [0.29, 0.717) is 12.4 Å². The van der Waals surface area contributed by atoms with Gasteiger partial charge in [-0.3, -0.25) is 0 Å². The molecule has 3 heteroatoms. The summed E-state index contributed by atoms with van der Waals surface area (Å²) in [6.45, 7) is 1.26. The molecule has 16 heavy (non-hydrogen) atoms. The fraction of sp³-hybridized carbons (Fsp3) is 0.231. The second-order valence-corrected chi connectivity index (χ2v) is 3.90. The van der Waals surface area contributed by atoms with Gasteiger partial charge in [0.1, 0.15) is 12.7 Å². The molecule has 3 nitrogen and oxygen atoms in total. The first-order valence-corrected chi connectivity index (χ1v) is 5.30. The molecule has 1 aliphatic heterocycles. The SMILES string of the molecule is Oc1c(OCC2CO2)ccc2ccccc12. The van der Waals surface area contributed by atoms with Crippen molar-refractivity contribution in [3.63, 3.8) is 0 Å². The molecule has 1 aliphatic rings. The number of ether oxygens (including phenoxy) is 2. The largest absolute Gasteiger partial charge is 0.504 e. The van der Waals surface area contributed by atoms with Crippen molar-refractivity contribution in [2.45, 2.75) is 6.10 Å². The lowest BCUT2D eigenvalue weighted by Gasteiger charge is -2.08. The van der Waals surface area contributed by atoms with Gasteiger partial charge in [0.05, 0.1) is 6.61 Å². The summed E-state index contributed by atoms with van der Waals surface area (Å²) in [5, 5.41) is 11.8. The Kier molecular flexibility index (Phi) is 2.18. The molecule has 0 bridgehead atoms. The van der Waals surface area contributed by atoms with Gasteiger partial charge in [0.25, 0.3) is 0 Å². The zero-order valence-electron chi connectivity index (χ0n) is 8.72. The summed E-state index contributed by atoms with van der Waals surface area (Å²) in [5.41, 5.74) is 0. The molecule has 0 aliphatic carbocycles. The molecule has 1 heterocycles. The van der Waals surface area contributed by atoms with Crippen molar-refractivity contribution in [2.75, 3.05) is 13.2 Å². The van der Waals surface area contributed by atoms with E-state index in [1.807, 2.05) is 30.3 Å². The van der Waals surface area contributed by atoms with Crippen LogP contribution in [0.4, 0.5) is 0 Å². The molecule has 0 amide bonds. The van der Waals surface area contributed by atoms with Crippen molar-refractivity contribution in [1.29, 1.82) is 0 Å². The Hall–Kier alpha value is -1.74. The van der Waals surface area contributed by atoms with Gasteiger partial charge in [-0.2, -0.15) is 0 Å². The van der Waals surface area contributed by atoms with Crippen LogP contribution < -0.4 is 4.74 Å². The van der Waals surface area contributed by atoms with E-state index in [0.717, 1.165) is 17.4 Å². The molecule has 1 unspecified atom stereocenters. The smallest absolute Gasteiger partial charge is 0.165 e. The highest BCUT2D eigenvalue weighted by Gasteiger charge is 2.23. The first kappa shape index (κ1) is 9.48. The molecular weight excluding hydrogens is 204 g/mol. The van der Waals surface area contributed by atoms with Crippen molar-refractivity contribution in [2.24, 2.45) is 0 Å². The Morgan fingerprint density at radius 2 is 2.06 bits per heavy atom. The molecular formula is C13H12O3. The van der Waals surface area contributed by atoms with E-state index in [2.05, 4.69) is 0 Å². The van der Waals surface area contributed by atoms with Gasteiger partial charge in [-0.25, -0.2) is 0 Å². The lowest BCUT2D eigenvalue weighted by atomic mass is 10.1. The summed E-state index contributed by atoms with van der Waals surface area (Å²) in [5.74, 6) is 0.730. The lowest BCUT2D eigenvalue weighted by molar-refractivity contribution is 0.255. The Bertz CT molecular complexity index is 518. The molecule has 1 N–H and O–H groups in total. The van der Waals surface area contributed by atoms with E-state index in [1.165, 1.54) is 0 Å². The van der Waals surface area contributed by atoms with Crippen LogP contribution in [0.15, 0.2) is 36.4 Å². The summed E-state index contributed by atoms with van der Waals surface area (Å²) in [4.78, 5) is 0. The molecule has 0 spiro atoms. The maximum atomic E-state index is 10.0. The third-order valence-electron chi connectivity index (χ3n) is 2.69. The van der Waals surface area contributed by atoms with Crippen molar-refractivity contribution in [1.82, 2.24) is 0 Å². The number of rotatable bonds is 3. The zero-order chi connectivity index (χ0) is 11.0. The van der Waals surface area contributed by atoms with Gasteiger partial charge >= 0.3 is 0 Å². The quantitative estimate of drug-likeness (QED) is 0.800. The predicted molar refractivity (Wildman–Crippen MR) is 60.8 cm³/mol. The Labute approximate surface area is 93.2 Å². The second kappa shape index (κ2) is 3.68. The molecule has 2 aromatic rings. The van der Waals surface area contributed by atoms with E-state index in [1.54, 1.807) is 6.07 Å². The van der Waals surface area contributed by atoms with Gasteiger partial charge in [0, 0.05) is 5.39 Å². The van der Waals surface area contributed by atoms with Crippen LogP contribution in [0.3, 0.4) is 0 Å². The average molecular weight is 216 g/mol. The molecule has 1 saturated heterocycles. The van der Waals surface area contributed by atoms with Crippen LogP contribution in [0.1, 0.15) is 0 Å². The van der Waals surface area contributed by atoms with Crippen LogP contribution in [-0.2, 0) is 4.74 Å². The fourth-order valence-electron chi connectivity index (χ4n) is 1.70. The van der Waals surface area contributed by atoms with Crippen molar-refractivity contribution < 1.29 is 14.6 Å². The number of phenols is 1. The van der Waals surface area contributed by atoms with E-state index >= 15 is 0 Å². The molecule has 2 aromatic carbocycles. The number of fused-ring (bicyclic) bond motifs is 1. The van der Waals surface area contributed by atoms with Gasteiger partial charge < -0.3 is 14.6 Å². The third kappa shape index (κ3) is 1.70. The lowest BCUT2D eigenvalue weighted by Crippen LogP contribution is -2.04. The van der Waals surface area contributed by atoms with Gasteiger partial charge in [-0.05, 0) is 11.5 Å². The summed E-state index contributed by atoms with van der Waals surface area (Å²) in [6, 6.07) is 11.4. The number of epoxide rings is 1. The zero-order valence-corrected chi connectivity index (χ0v) is 8.72. The maximum absolute atomic E-state index is 10.0. The minimum absolute atomic E-state index is 0.200. The number of hydrogen-bond donors (Lipinski definition) is 1. The van der Waals surface area contributed by atoms with Crippen LogP contribution in [0.25, 0.3) is 10.8 Å². The van der Waals surface area contributed by atoms with E-state index < -0.39 is 0 Å². The van der Waals surface area contributed by atoms with E-state index in [9.17, 15) is 5.11 Å². The highest BCUT2D eigenvalue weighted by Crippen LogP contribution is 2.34. The summed E-state index contributed by atoms with van der Waals surface area (Å²) < 4.78 is 10.5. The van der Waals surface area contributed by atoms with Crippen molar-refractivity contribution >= 4 is 10.8 Å². The minimum Gasteiger partial charge on any atom is -0.504 e. The molecule has 1 atom stereocenters. The van der Waals surface area contributed by atoms with E-state index in [-0.39, 0.29) is 11.9 Å². The van der Waals surface area contributed by atoms with Crippen molar-refractivity contribution in [3.05, 3.63) is 36.4 Å². The van der Waals surface area contributed by atoms with Crippen molar-refractivity contribution in [3.8, 4) is 11.5 Å². The second-order valence-electron chi connectivity index (χ2n) is 3.90. The Morgan fingerprint density at radius 1 is 1.25 bits per heavy atom. The highest BCUT2D eigenvalue weighted by molar-refractivity contribution is 5.90. The molecule has 1 fully saturated rings. The number of benzene rings is 2. The highest BCUT2D eigenvalue weighted by atomic mass is 16.6. The monoisotopic (exact) mass is 216 g/mol. The third-order valence-corrected chi connectivity index (χ3v) is 2.69. The molecule has 0 saturated carbocycles. The van der Waals surface area contributed by atoms with Gasteiger partial charge in [-0.15, -0.1) is 0 Å². The van der Waals surface area contributed by atoms with Gasteiger partial charge in [0.15, 0.2) is 11.5 Å². The molecule has 3 rings (SSSR count). The van der Waals surface area contributed by atoms with Gasteiger partial charge in [-0.1, -0.05) is 30.3 Å². The number of hydrogen-bond acceptors (Lipinski definition) is 3. The average Bonchev–Trinajstić information content (AvgIpc) is 3.13. The Morgan fingerprint density at radius 3 is 2.88 bits per heavy atom. The predicted octanol–water partition coefficient (Wildman–Crippen LogP) is 2.32. The first-order valence-electron chi connectivity index (χ1n) is 5.30. The normalized spacial score (nSPS) is 18.6. The summed E-state index contributed by atoms with van der Waals surface area (Å²) >= 11 is 0.